The Morgan fingerprint density at radius 2 is 2.23 bits per heavy atom. The zero-order chi connectivity index (χ0) is 15.9. The van der Waals surface area contributed by atoms with Crippen LogP contribution < -0.4 is 5.32 Å². The van der Waals surface area contributed by atoms with E-state index < -0.39 is 0 Å². The summed E-state index contributed by atoms with van der Waals surface area (Å²) in [5.41, 5.74) is 0. The molecule has 1 heterocycles. The first-order chi connectivity index (χ1) is 10.7. The SMILES string of the molecule is CCCCC(CC)C(=O)N(CC(=O)Nc1ccon1)C1CC1. The first-order valence-corrected chi connectivity index (χ1v) is 8.16. The number of carbonyl (C=O) groups is 2. The van der Waals surface area contributed by atoms with Crippen LogP contribution in [0.1, 0.15) is 52.4 Å². The van der Waals surface area contributed by atoms with E-state index in [0.29, 0.717) is 5.82 Å². The van der Waals surface area contributed by atoms with Crippen LogP contribution in [0, 0.1) is 5.92 Å². The minimum Gasteiger partial charge on any atom is -0.363 e. The molecule has 1 aliphatic carbocycles. The lowest BCUT2D eigenvalue weighted by atomic mass is 9.97. The van der Waals surface area contributed by atoms with Crippen LogP contribution in [0.4, 0.5) is 5.82 Å². The van der Waals surface area contributed by atoms with Crippen molar-refractivity contribution in [2.24, 2.45) is 5.92 Å². The van der Waals surface area contributed by atoms with E-state index in [4.69, 9.17) is 0 Å². The van der Waals surface area contributed by atoms with Gasteiger partial charge in [0.25, 0.3) is 0 Å². The summed E-state index contributed by atoms with van der Waals surface area (Å²) < 4.78 is 4.68. The molecule has 2 rings (SSSR count). The molecule has 1 unspecified atom stereocenters. The lowest BCUT2D eigenvalue weighted by Gasteiger charge is -2.26. The van der Waals surface area contributed by atoms with E-state index in [0.717, 1.165) is 38.5 Å². The van der Waals surface area contributed by atoms with Gasteiger partial charge in [-0.3, -0.25) is 9.59 Å². The van der Waals surface area contributed by atoms with Gasteiger partial charge in [0, 0.05) is 18.0 Å². The minimum atomic E-state index is -0.223. The first kappa shape index (κ1) is 16.5. The molecule has 6 heteroatoms. The van der Waals surface area contributed by atoms with Crippen LogP contribution >= 0.6 is 0 Å². The van der Waals surface area contributed by atoms with Crippen molar-refractivity contribution in [3.05, 3.63) is 12.3 Å². The third-order valence-corrected chi connectivity index (χ3v) is 4.04. The number of hydrogen-bond acceptors (Lipinski definition) is 4. The molecular formula is C16H25N3O3. The van der Waals surface area contributed by atoms with Crippen LogP contribution in [0.15, 0.2) is 16.9 Å². The Balaban J connectivity index is 1.93. The fourth-order valence-electron chi connectivity index (χ4n) is 2.57. The molecule has 1 saturated carbocycles. The average molecular weight is 307 g/mol. The van der Waals surface area contributed by atoms with Crippen molar-refractivity contribution >= 4 is 17.6 Å². The van der Waals surface area contributed by atoms with E-state index >= 15 is 0 Å². The predicted molar refractivity (Wildman–Crippen MR) is 83.2 cm³/mol. The van der Waals surface area contributed by atoms with Gasteiger partial charge in [0.15, 0.2) is 5.82 Å². The third kappa shape index (κ3) is 4.58. The molecule has 1 atom stereocenters. The Labute approximate surface area is 131 Å². The van der Waals surface area contributed by atoms with E-state index in [1.54, 1.807) is 11.0 Å². The molecule has 0 aromatic carbocycles. The van der Waals surface area contributed by atoms with Crippen LogP contribution in [0.5, 0.6) is 0 Å². The number of nitrogens with one attached hydrogen (secondary N) is 1. The summed E-state index contributed by atoms with van der Waals surface area (Å²) in [6, 6.07) is 1.81. The van der Waals surface area contributed by atoms with Crippen LogP contribution in [0.3, 0.4) is 0 Å². The predicted octanol–water partition coefficient (Wildman–Crippen LogP) is 2.82. The van der Waals surface area contributed by atoms with Gasteiger partial charge in [-0.15, -0.1) is 0 Å². The van der Waals surface area contributed by atoms with Gasteiger partial charge < -0.3 is 14.7 Å². The summed E-state index contributed by atoms with van der Waals surface area (Å²) in [5, 5.41) is 6.30. The molecule has 0 aliphatic heterocycles. The van der Waals surface area contributed by atoms with Gasteiger partial charge in [-0.2, -0.15) is 0 Å². The van der Waals surface area contributed by atoms with Gasteiger partial charge in [-0.25, -0.2) is 0 Å². The number of amides is 2. The maximum atomic E-state index is 12.7. The van der Waals surface area contributed by atoms with Crippen LogP contribution in [-0.2, 0) is 9.59 Å². The first-order valence-electron chi connectivity index (χ1n) is 8.16. The van der Waals surface area contributed by atoms with Gasteiger partial charge in [-0.1, -0.05) is 31.8 Å². The summed E-state index contributed by atoms with van der Waals surface area (Å²) in [6.45, 7) is 4.26. The number of anilines is 1. The van der Waals surface area contributed by atoms with Crippen molar-refractivity contribution < 1.29 is 14.1 Å². The molecule has 1 aromatic heterocycles. The van der Waals surface area contributed by atoms with E-state index in [-0.39, 0.29) is 30.3 Å². The zero-order valence-corrected chi connectivity index (χ0v) is 13.4. The summed E-state index contributed by atoms with van der Waals surface area (Å²) in [7, 11) is 0. The van der Waals surface area contributed by atoms with Crippen LogP contribution in [0.25, 0.3) is 0 Å². The zero-order valence-electron chi connectivity index (χ0n) is 13.4. The number of aromatic nitrogens is 1. The van der Waals surface area contributed by atoms with E-state index in [2.05, 4.69) is 21.9 Å². The highest BCUT2D eigenvalue weighted by molar-refractivity contribution is 5.94. The van der Waals surface area contributed by atoms with Gasteiger partial charge in [0.1, 0.15) is 12.8 Å². The monoisotopic (exact) mass is 307 g/mol. The van der Waals surface area contributed by atoms with E-state index in [1.165, 1.54) is 6.26 Å². The lowest BCUT2D eigenvalue weighted by molar-refractivity contribution is -0.139. The molecule has 6 nitrogen and oxygen atoms in total. The van der Waals surface area contributed by atoms with Gasteiger partial charge in [0.05, 0.1) is 0 Å². The summed E-state index contributed by atoms with van der Waals surface area (Å²) in [5.74, 6) is 0.305. The number of carbonyl (C=O) groups excluding carboxylic acids is 2. The molecule has 1 fully saturated rings. The Kier molecular flexibility index (Phi) is 5.98. The third-order valence-electron chi connectivity index (χ3n) is 4.04. The number of unbranched alkanes of at least 4 members (excludes halogenated alkanes) is 1. The summed E-state index contributed by atoms with van der Waals surface area (Å²) >= 11 is 0. The Bertz CT molecular complexity index is 483. The fourth-order valence-corrected chi connectivity index (χ4v) is 2.57. The molecular weight excluding hydrogens is 282 g/mol. The van der Waals surface area contributed by atoms with Gasteiger partial charge in [0.2, 0.25) is 11.8 Å². The maximum absolute atomic E-state index is 12.7. The lowest BCUT2D eigenvalue weighted by Crippen LogP contribution is -2.42. The Morgan fingerprint density at radius 1 is 1.45 bits per heavy atom. The Hall–Kier alpha value is -1.85. The molecule has 2 amide bonds. The normalized spacial score (nSPS) is 15.4. The fraction of sp³-hybridized carbons (Fsp3) is 0.688. The van der Waals surface area contributed by atoms with Crippen LogP contribution in [-0.4, -0.2) is 34.5 Å². The van der Waals surface area contributed by atoms with Crippen molar-refractivity contribution in [3.8, 4) is 0 Å². The average Bonchev–Trinajstić information content (AvgIpc) is 3.23. The van der Waals surface area contributed by atoms with E-state index in [9.17, 15) is 9.59 Å². The largest absolute Gasteiger partial charge is 0.363 e. The summed E-state index contributed by atoms with van der Waals surface area (Å²) in [6.07, 6.45) is 7.25. The van der Waals surface area contributed by atoms with Crippen LogP contribution in [0.2, 0.25) is 0 Å². The van der Waals surface area contributed by atoms with Crippen molar-refractivity contribution in [2.75, 3.05) is 11.9 Å². The maximum Gasteiger partial charge on any atom is 0.245 e. The molecule has 1 aliphatic rings. The molecule has 122 valence electrons. The number of hydrogen-bond donors (Lipinski definition) is 1. The van der Waals surface area contributed by atoms with Crippen molar-refractivity contribution in [1.29, 1.82) is 0 Å². The standard InChI is InChI=1S/C16H25N3O3/c1-3-5-6-12(4-2)16(21)19(13-7-8-13)11-15(20)17-14-9-10-22-18-14/h9-10,12-13H,3-8,11H2,1-2H3,(H,17,18,20). The Morgan fingerprint density at radius 3 is 2.77 bits per heavy atom. The highest BCUT2D eigenvalue weighted by Gasteiger charge is 2.36. The highest BCUT2D eigenvalue weighted by Crippen LogP contribution is 2.29. The smallest absolute Gasteiger partial charge is 0.245 e. The topological polar surface area (TPSA) is 75.4 Å². The quantitative estimate of drug-likeness (QED) is 0.761. The second-order valence-electron chi connectivity index (χ2n) is 5.88. The molecule has 0 radical (unpaired) electrons. The highest BCUT2D eigenvalue weighted by atomic mass is 16.5. The summed E-state index contributed by atoms with van der Waals surface area (Å²) in [4.78, 5) is 26.6. The number of rotatable bonds is 9. The van der Waals surface area contributed by atoms with Crippen molar-refractivity contribution in [1.82, 2.24) is 10.1 Å². The minimum absolute atomic E-state index is 0.0281. The molecule has 0 saturated heterocycles. The van der Waals surface area contributed by atoms with Crippen molar-refractivity contribution in [2.45, 2.75) is 58.4 Å². The molecule has 1 N–H and O–H groups in total. The molecule has 0 spiro atoms. The van der Waals surface area contributed by atoms with Gasteiger partial charge >= 0.3 is 0 Å². The van der Waals surface area contributed by atoms with Crippen molar-refractivity contribution in [3.63, 3.8) is 0 Å². The molecule has 22 heavy (non-hydrogen) atoms. The van der Waals surface area contributed by atoms with E-state index in [1.807, 2.05) is 6.92 Å². The molecule has 0 bridgehead atoms. The van der Waals surface area contributed by atoms with Gasteiger partial charge in [-0.05, 0) is 25.7 Å². The molecule has 1 aromatic rings. The number of nitrogens with zero attached hydrogens (tertiary/aromatic N) is 2. The second kappa shape index (κ2) is 7.96. The second-order valence-corrected chi connectivity index (χ2v) is 5.88.